The van der Waals surface area contributed by atoms with Crippen LogP contribution in [0.2, 0.25) is 0 Å². The van der Waals surface area contributed by atoms with Gasteiger partial charge in [-0.25, -0.2) is 9.78 Å². The van der Waals surface area contributed by atoms with Crippen LogP contribution in [0, 0.1) is 11.8 Å². The molecule has 0 bridgehead atoms. The topological polar surface area (TPSA) is 156 Å². The molecular weight excluding hydrogens is 660 g/mol. The summed E-state index contributed by atoms with van der Waals surface area (Å²) >= 11 is 0. The minimum absolute atomic E-state index is 0.0652. The Kier molecular flexibility index (Phi) is 17.7. The number of hydrogen-bond donors (Lipinski definition) is 4. The molecule has 4 N–H and O–H groups in total. The van der Waals surface area contributed by atoms with Crippen LogP contribution in [0.1, 0.15) is 96.3 Å². The van der Waals surface area contributed by atoms with E-state index in [2.05, 4.69) is 52.7 Å². The lowest BCUT2D eigenvalue weighted by Gasteiger charge is -2.17. The highest BCUT2D eigenvalue weighted by Gasteiger charge is 2.18. The van der Waals surface area contributed by atoms with Crippen molar-refractivity contribution in [3.8, 4) is 45.8 Å². The zero-order chi connectivity index (χ0) is 37.9. The third-order valence-corrected chi connectivity index (χ3v) is 8.79. The zero-order valence-electron chi connectivity index (χ0n) is 31.5. The Balaban J connectivity index is 0.00000173. The molecule has 0 fully saturated rings. The van der Waals surface area contributed by atoms with Crippen molar-refractivity contribution in [3.63, 3.8) is 0 Å². The van der Waals surface area contributed by atoms with Crippen molar-refractivity contribution < 1.29 is 34.3 Å². The van der Waals surface area contributed by atoms with Crippen molar-refractivity contribution in [1.82, 2.24) is 15.0 Å². The number of methoxy groups -OCH3 is 1. The number of anilines is 2. The van der Waals surface area contributed by atoms with Crippen molar-refractivity contribution in [2.24, 2.45) is 11.8 Å². The second-order valence-corrected chi connectivity index (χ2v) is 12.7. The largest absolute Gasteiger partial charge is 0.507 e. The van der Waals surface area contributed by atoms with Crippen LogP contribution in [0.4, 0.5) is 11.6 Å². The summed E-state index contributed by atoms with van der Waals surface area (Å²) < 4.78 is 16.6. The fraction of sp³-hybridized carbons (Fsp3) is 0.463. The van der Waals surface area contributed by atoms with Gasteiger partial charge in [-0.15, -0.1) is 0 Å². The fourth-order valence-corrected chi connectivity index (χ4v) is 5.30. The smallest absolute Gasteiger partial charge is 0.335 e. The normalized spacial score (nSPS) is 12.0. The van der Waals surface area contributed by atoms with E-state index in [1.807, 2.05) is 6.92 Å². The SMILES string of the molecule is CCCCC(CC)COc1ccc(-c2nc(Nc3ccc(C(=O)O)cc3)nc(-c3ccc(OCC(CC)CCCC)cc3O)n2)c(O)c1.CCOC. The molecular formula is C41H56N4O7. The number of phenols is 2. The molecule has 0 aliphatic heterocycles. The first kappa shape index (κ1) is 41.5. The number of nitrogens with one attached hydrogen (secondary N) is 1. The first-order valence-corrected chi connectivity index (χ1v) is 18.4. The highest BCUT2D eigenvalue weighted by molar-refractivity contribution is 5.88. The van der Waals surface area contributed by atoms with E-state index in [1.54, 1.807) is 55.6 Å². The van der Waals surface area contributed by atoms with Gasteiger partial charge in [-0.05, 0) is 80.1 Å². The quantitative estimate of drug-likeness (QED) is 0.0690. The molecule has 0 spiro atoms. The molecule has 2 unspecified atom stereocenters. The Morgan fingerprint density at radius 2 is 1.17 bits per heavy atom. The van der Waals surface area contributed by atoms with Crippen LogP contribution in [0.15, 0.2) is 60.7 Å². The van der Waals surface area contributed by atoms with Gasteiger partial charge in [-0.1, -0.05) is 66.2 Å². The summed E-state index contributed by atoms with van der Waals surface area (Å²) in [4.78, 5) is 25.1. The van der Waals surface area contributed by atoms with E-state index < -0.39 is 5.97 Å². The number of unbranched alkanes of at least 4 members (excludes halogenated alkanes) is 2. The Bertz CT molecular complexity index is 1580. The number of nitrogens with zero attached hydrogens (tertiary/aromatic N) is 3. The van der Waals surface area contributed by atoms with Crippen molar-refractivity contribution in [3.05, 3.63) is 66.2 Å². The standard InChI is InChI=1S/C38H48N4O6.C3H8O/c1-5-9-11-25(7-3)23-47-29-17-19-31(33(43)21-29)35-40-36(42-38(41-35)39-28-15-13-27(14-16-28)37(45)46)32-20-18-30(22-34(32)44)48-24-26(8-4)12-10-6-2;1-3-4-2/h13-22,25-26,43-44H,5-12,23-24H2,1-4H3,(H,45,46)(H,39,40,41,42);3H2,1-2H3. The maximum absolute atomic E-state index is 11.3. The van der Waals surface area contributed by atoms with E-state index in [-0.39, 0.29) is 34.7 Å². The van der Waals surface area contributed by atoms with Crippen LogP contribution in [0.5, 0.6) is 23.0 Å². The maximum atomic E-state index is 11.3. The van der Waals surface area contributed by atoms with Crippen LogP contribution in [0.3, 0.4) is 0 Å². The molecule has 4 rings (SSSR count). The predicted octanol–water partition coefficient (Wildman–Crippen LogP) is 9.90. The van der Waals surface area contributed by atoms with E-state index in [0.717, 1.165) is 58.0 Å². The lowest BCUT2D eigenvalue weighted by molar-refractivity contribution is 0.0697. The van der Waals surface area contributed by atoms with E-state index in [4.69, 9.17) is 9.47 Å². The number of benzene rings is 3. The summed E-state index contributed by atoms with van der Waals surface area (Å²) in [6, 6.07) is 16.2. The number of aromatic nitrogens is 3. The van der Waals surface area contributed by atoms with Gasteiger partial charge in [0.2, 0.25) is 5.95 Å². The Hall–Kier alpha value is -4.90. The molecule has 3 aromatic carbocycles. The van der Waals surface area contributed by atoms with Gasteiger partial charge < -0.3 is 34.8 Å². The van der Waals surface area contributed by atoms with Crippen molar-refractivity contribution in [2.75, 3.05) is 32.2 Å². The van der Waals surface area contributed by atoms with E-state index in [9.17, 15) is 20.1 Å². The number of carbonyl (C=O) groups is 1. The summed E-state index contributed by atoms with van der Waals surface area (Å²) in [5.41, 5.74) is 1.39. The average molecular weight is 717 g/mol. The van der Waals surface area contributed by atoms with Crippen molar-refractivity contribution in [2.45, 2.75) is 86.0 Å². The lowest BCUT2D eigenvalue weighted by Crippen LogP contribution is -2.11. The number of aromatic carboxylic acids is 1. The first-order chi connectivity index (χ1) is 25.1. The number of hydrogen-bond acceptors (Lipinski definition) is 10. The number of aromatic hydroxyl groups is 2. The van der Waals surface area contributed by atoms with Gasteiger partial charge in [0.1, 0.15) is 23.0 Å². The molecule has 1 heterocycles. The van der Waals surface area contributed by atoms with Crippen molar-refractivity contribution in [1.29, 1.82) is 0 Å². The monoisotopic (exact) mass is 716 g/mol. The summed E-state index contributed by atoms with van der Waals surface area (Å²) in [6.07, 6.45) is 8.80. The number of rotatable bonds is 20. The molecule has 0 saturated carbocycles. The van der Waals surface area contributed by atoms with Crippen molar-refractivity contribution >= 4 is 17.6 Å². The summed E-state index contributed by atoms with van der Waals surface area (Å²) in [5, 5.41) is 34.5. The Labute approximate surface area is 308 Å². The van der Waals surface area contributed by atoms with Gasteiger partial charge in [0.25, 0.3) is 0 Å². The average Bonchev–Trinajstić information content (AvgIpc) is 3.15. The van der Waals surface area contributed by atoms with Crippen LogP contribution in [-0.4, -0.2) is 63.2 Å². The Morgan fingerprint density at radius 3 is 1.54 bits per heavy atom. The van der Waals surface area contributed by atoms with Gasteiger partial charge in [-0.3, -0.25) is 0 Å². The van der Waals surface area contributed by atoms with Crippen LogP contribution < -0.4 is 14.8 Å². The minimum Gasteiger partial charge on any atom is -0.507 e. The highest BCUT2D eigenvalue weighted by Crippen LogP contribution is 2.36. The molecule has 4 aromatic rings. The van der Waals surface area contributed by atoms with Crippen LogP contribution in [-0.2, 0) is 4.74 Å². The number of phenolic OH excluding ortho intramolecular Hbond substituents is 2. The van der Waals surface area contributed by atoms with E-state index in [1.165, 1.54) is 12.1 Å². The maximum Gasteiger partial charge on any atom is 0.335 e. The van der Waals surface area contributed by atoms with Crippen LogP contribution >= 0.6 is 0 Å². The summed E-state index contributed by atoms with van der Waals surface area (Å²) in [5.74, 6) is 1.29. The van der Waals surface area contributed by atoms with Gasteiger partial charge in [0.15, 0.2) is 11.6 Å². The summed E-state index contributed by atoms with van der Waals surface area (Å²) in [7, 11) is 1.68. The molecule has 2 atom stereocenters. The molecule has 11 nitrogen and oxygen atoms in total. The highest BCUT2D eigenvalue weighted by atomic mass is 16.5. The molecule has 0 aliphatic carbocycles. The number of ether oxygens (including phenoxy) is 3. The second kappa shape index (κ2) is 22.1. The third kappa shape index (κ3) is 13.0. The molecule has 52 heavy (non-hydrogen) atoms. The lowest BCUT2D eigenvalue weighted by atomic mass is 10.0. The first-order valence-electron chi connectivity index (χ1n) is 18.4. The Morgan fingerprint density at radius 1 is 0.712 bits per heavy atom. The van der Waals surface area contributed by atoms with Gasteiger partial charge in [-0.2, -0.15) is 9.97 Å². The molecule has 0 aliphatic rings. The predicted molar refractivity (Wildman–Crippen MR) is 206 cm³/mol. The molecule has 0 saturated heterocycles. The van der Waals surface area contributed by atoms with Crippen LogP contribution in [0.25, 0.3) is 22.8 Å². The molecule has 0 amide bonds. The van der Waals surface area contributed by atoms with E-state index >= 15 is 0 Å². The van der Waals surface area contributed by atoms with Gasteiger partial charge in [0, 0.05) is 31.5 Å². The van der Waals surface area contributed by atoms with E-state index in [0.29, 0.717) is 53.4 Å². The van der Waals surface area contributed by atoms with Gasteiger partial charge in [0.05, 0.1) is 29.9 Å². The number of carboxylic acids is 1. The minimum atomic E-state index is -1.03. The number of carboxylic acid groups (broad SMARTS) is 1. The second-order valence-electron chi connectivity index (χ2n) is 12.7. The third-order valence-electron chi connectivity index (χ3n) is 8.79. The van der Waals surface area contributed by atoms with Gasteiger partial charge >= 0.3 is 5.97 Å². The summed E-state index contributed by atoms with van der Waals surface area (Å²) in [6.45, 7) is 12.6. The molecule has 1 aromatic heterocycles. The fourth-order valence-electron chi connectivity index (χ4n) is 5.30. The molecule has 282 valence electrons. The molecule has 0 radical (unpaired) electrons. The molecule has 11 heteroatoms. The zero-order valence-corrected chi connectivity index (χ0v) is 31.5.